The Morgan fingerprint density at radius 3 is 2.33 bits per heavy atom. The van der Waals surface area contributed by atoms with Crippen molar-refractivity contribution in [3.05, 3.63) is 82.9 Å². The Morgan fingerprint density at radius 2 is 1.63 bits per heavy atom. The molecule has 0 N–H and O–H groups in total. The first-order chi connectivity index (χ1) is 20.6. The molecule has 9 nitrogen and oxygen atoms in total. The predicted molar refractivity (Wildman–Crippen MR) is 166 cm³/mol. The van der Waals surface area contributed by atoms with E-state index < -0.39 is 6.04 Å². The number of likely N-dealkylation sites (N-methyl/N-ethyl adjacent to an activating group) is 1. The molecule has 9 heteroatoms. The molecule has 3 aromatic rings. The van der Waals surface area contributed by atoms with Crippen LogP contribution in [-0.2, 0) is 14.3 Å². The minimum atomic E-state index is -0.397. The van der Waals surface area contributed by atoms with E-state index in [0.717, 1.165) is 40.9 Å². The summed E-state index contributed by atoms with van der Waals surface area (Å²) in [5, 5.41) is 0. The maximum Gasteiger partial charge on any atom is 0.265 e. The molecule has 0 bridgehead atoms. The van der Waals surface area contributed by atoms with E-state index in [1.54, 1.807) is 30.9 Å². The fourth-order valence-corrected chi connectivity index (χ4v) is 5.61. The number of amides is 3. The largest absolute Gasteiger partial charge is 0.482 e. The van der Waals surface area contributed by atoms with Gasteiger partial charge in [0, 0.05) is 46.3 Å². The van der Waals surface area contributed by atoms with Crippen molar-refractivity contribution in [2.24, 2.45) is 0 Å². The zero-order chi connectivity index (χ0) is 30.7. The Kier molecular flexibility index (Phi) is 9.13. The lowest BCUT2D eigenvalue weighted by molar-refractivity contribution is -0.133. The normalized spacial score (nSPS) is 15.8. The first-order valence-electron chi connectivity index (χ1n) is 14.6. The summed E-state index contributed by atoms with van der Waals surface area (Å²) < 4.78 is 11.3. The van der Waals surface area contributed by atoms with Crippen LogP contribution >= 0.6 is 0 Å². The van der Waals surface area contributed by atoms with E-state index >= 15 is 0 Å². The Morgan fingerprint density at radius 1 is 0.930 bits per heavy atom. The number of morpholine rings is 1. The van der Waals surface area contributed by atoms with Crippen LogP contribution in [0.25, 0.3) is 11.1 Å². The second kappa shape index (κ2) is 13.0. The molecule has 1 atom stereocenters. The molecule has 1 unspecified atom stereocenters. The van der Waals surface area contributed by atoms with E-state index in [1.165, 1.54) is 4.90 Å². The predicted octanol–water partition coefficient (Wildman–Crippen LogP) is 3.93. The van der Waals surface area contributed by atoms with E-state index in [1.807, 2.05) is 74.5 Å². The van der Waals surface area contributed by atoms with Crippen LogP contribution in [0.1, 0.15) is 33.1 Å². The van der Waals surface area contributed by atoms with Crippen molar-refractivity contribution in [3.63, 3.8) is 0 Å². The first kappa shape index (κ1) is 30.3. The molecular formula is C34H40N4O5. The van der Waals surface area contributed by atoms with Crippen molar-refractivity contribution < 1.29 is 23.9 Å². The van der Waals surface area contributed by atoms with Crippen LogP contribution in [0.2, 0.25) is 0 Å². The van der Waals surface area contributed by atoms with Crippen LogP contribution in [0.5, 0.6) is 5.75 Å². The monoisotopic (exact) mass is 584 g/mol. The Labute approximate surface area is 253 Å². The Hall–Kier alpha value is -4.21. The molecule has 43 heavy (non-hydrogen) atoms. The minimum absolute atomic E-state index is 0.110. The fraction of sp³-hybridized carbons (Fsp3) is 0.382. The van der Waals surface area contributed by atoms with Crippen molar-refractivity contribution >= 4 is 23.4 Å². The lowest BCUT2D eigenvalue weighted by Crippen LogP contribution is -2.49. The van der Waals surface area contributed by atoms with Gasteiger partial charge in [0.2, 0.25) is 5.91 Å². The quantitative estimate of drug-likeness (QED) is 0.399. The van der Waals surface area contributed by atoms with Gasteiger partial charge >= 0.3 is 0 Å². The fourth-order valence-electron chi connectivity index (χ4n) is 5.61. The Bertz CT molecular complexity index is 1500. The maximum absolute atomic E-state index is 14.1. The number of carbonyl (C=O) groups excluding carboxylic acids is 3. The number of anilines is 1. The molecule has 2 aliphatic heterocycles. The zero-order valence-electron chi connectivity index (χ0n) is 25.6. The molecule has 1 saturated heterocycles. The molecule has 2 aliphatic rings. The van der Waals surface area contributed by atoms with Crippen LogP contribution in [0, 0.1) is 13.8 Å². The molecule has 226 valence electrons. The standard InChI is InChI=1S/C34H40N4O5/c1-23-17-29-31(18-24(23)2)43-22-33(40)38(29)21-32(39)36(5)30(20-37-13-15-42-16-14-37)28-19-26(34(41)35(3)4)11-12-27(28)25-9-7-6-8-10-25/h6-12,17-19,30H,13-16,20-22H2,1-5H3. The number of hydrogen-bond acceptors (Lipinski definition) is 6. The SMILES string of the molecule is Cc1cc2c(cc1C)N(CC(=O)N(C)C(CN1CCOCC1)c1cc(C(=O)N(C)C)ccc1-c1ccccc1)C(=O)CO2. The summed E-state index contributed by atoms with van der Waals surface area (Å²) in [7, 11) is 5.25. The summed E-state index contributed by atoms with van der Waals surface area (Å²) in [4.78, 5) is 47.4. The van der Waals surface area contributed by atoms with Gasteiger partial charge in [-0.2, -0.15) is 0 Å². The topological polar surface area (TPSA) is 82.6 Å². The number of aryl methyl sites for hydroxylation is 2. The molecule has 3 amide bonds. The van der Waals surface area contributed by atoms with E-state index in [0.29, 0.717) is 36.8 Å². The molecule has 0 radical (unpaired) electrons. The van der Waals surface area contributed by atoms with Gasteiger partial charge in [0.15, 0.2) is 6.61 Å². The molecule has 5 rings (SSSR count). The minimum Gasteiger partial charge on any atom is -0.482 e. The molecule has 3 aromatic carbocycles. The second-order valence-electron chi connectivity index (χ2n) is 11.5. The van der Waals surface area contributed by atoms with Gasteiger partial charge in [0.05, 0.1) is 24.9 Å². The lowest BCUT2D eigenvalue weighted by Gasteiger charge is -2.37. The van der Waals surface area contributed by atoms with Crippen LogP contribution in [0.15, 0.2) is 60.7 Å². The molecule has 2 heterocycles. The van der Waals surface area contributed by atoms with Gasteiger partial charge in [-0.25, -0.2) is 0 Å². The number of carbonyl (C=O) groups is 3. The number of nitrogens with zero attached hydrogens (tertiary/aromatic N) is 4. The van der Waals surface area contributed by atoms with E-state index in [4.69, 9.17) is 9.47 Å². The smallest absolute Gasteiger partial charge is 0.265 e. The number of fused-ring (bicyclic) bond motifs is 1. The second-order valence-corrected chi connectivity index (χ2v) is 11.5. The van der Waals surface area contributed by atoms with E-state index in [2.05, 4.69) is 4.90 Å². The number of rotatable bonds is 8. The highest BCUT2D eigenvalue weighted by molar-refractivity contribution is 6.02. The van der Waals surface area contributed by atoms with Gasteiger partial charge in [0.1, 0.15) is 12.3 Å². The van der Waals surface area contributed by atoms with Crippen LogP contribution in [0.4, 0.5) is 5.69 Å². The van der Waals surface area contributed by atoms with Gasteiger partial charge in [-0.05, 0) is 65.9 Å². The third-order valence-electron chi connectivity index (χ3n) is 8.36. The molecule has 1 fully saturated rings. The van der Waals surface area contributed by atoms with Crippen LogP contribution < -0.4 is 9.64 Å². The summed E-state index contributed by atoms with van der Waals surface area (Å²) in [5.41, 5.74) is 6.06. The highest BCUT2D eigenvalue weighted by Crippen LogP contribution is 2.36. The summed E-state index contributed by atoms with van der Waals surface area (Å²) in [5.74, 6) is 0.0252. The van der Waals surface area contributed by atoms with Crippen molar-refractivity contribution in [2.45, 2.75) is 19.9 Å². The third kappa shape index (κ3) is 6.58. The average molecular weight is 585 g/mol. The average Bonchev–Trinajstić information content (AvgIpc) is 3.02. The van der Waals surface area contributed by atoms with Crippen LogP contribution in [0.3, 0.4) is 0 Å². The highest BCUT2D eigenvalue weighted by Gasteiger charge is 2.33. The summed E-state index contributed by atoms with van der Waals surface area (Å²) in [6, 6.07) is 19.2. The zero-order valence-corrected chi connectivity index (χ0v) is 25.6. The molecule has 0 aromatic heterocycles. The highest BCUT2D eigenvalue weighted by atomic mass is 16.5. The lowest BCUT2D eigenvalue weighted by atomic mass is 9.91. The van der Waals surface area contributed by atoms with E-state index in [-0.39, 0.29) is 30.9 Å². The summed E-state index contributed by atoms with van der Waals surface area (Å²) >= 11 is 0. The summed E-state index contributed by atoms with van der Waals surface area (Å²) in [6.45, 7) is 7.01. The van der Waals surface area contributed by atoms with Gasteiger partial charge in [-0.1, -0.05) is 36.4 Å². The Balaban J connectivity index is 1.55. The molecule has 0 spiro atoms. The van der Waals surface area contributed by atoms with Crippen molar-refractivity contribution in [3.8, 4) is 16.9 Å². The first-order valence-corrected chi connectivity index (χ1v) is 14.6. The third-order valence-corrected chi connectivity index (χ3v) is 8.36. The summed E-state index contributed by atoms with van der Waals surface area (Å²) in [6.07, 6.45) is 0. The van der Waals surface area contributed by atoms with Crippen LogP contribution in [-0.4, -0.2) is 99.6 Å². The van der Waals surface area contributed by atoms with Crippen molar-refractivity contribution in [1.29, 1.82) is 0 Å². The number of benzene rings is 3. The van der Waals surface area contributed by atoms with Gasteiger partial charge < -0.3 is 19.3 Å². The number of hydrogen-bond donors (Lipinski definition) is 0. The van der Waals surface area contributed by atoms with Gasteiger partial charge in [0.25, 0.3) is 11.8 Å². The van der Waals surface area contributed by atoms with Gasteiger partial charge in [-0.3, -0.25) is 24.2 Å². The van der Waals surface area contributed by atoms with Gasteiger partial charge in [-0.15, -0.1) is 0 Å². The molecule has 0 saturated carbocycles. The molecule has 0 aliphatic carbocycles. The van der Waals surface area contributed by atoms with Crippen molar-refractivity contribution in [2.75, 3.05) is 72.0 Å². The number of ether oxygens (including phenoxy) is 2. The maximum atomic E-state index is 14.1. The molecular weight excluding hydrogens is 544 g/mol. The van der Waals surface area contributed by atoms with Crippen molar-refractivity contribution in [1.82, 2.24) is 14.7 Å². The van der Waals surface area contributed by atoms with E-state index in [9.17, 15) is 14.4 Å².